The van der Waals surface area contributed by atoms with Crippen LogP contribution in [0.4, 0.5) is 0 Å². The molecule has 2 rings (SSSR count). The molecule has 0 aliphatic carbocycles. The summed E-state index contributed by atoms with van der Waals surface area (Å²) in [4.78, 5) is 3.98. The van der Waals surface area contributed by atoms with Crippen molar-refractivity contribution in [3.8, 4) is 0 Å². The van der Waals surface area contributed by atoms with Crippen molar-refractivity contribution in [3.63, 3.8) is 0 Å². The van der Waals surface area contributed by atoms with E-state index in [0.29, 0.717) is 26.1 Å². The highest BCUT2D eigenvalue weighted by Gasteiger charge is 2.26. The SMILES string of the molecule is O=S1(=O)NCCN1CCc1cccnc1. The second-order valence-electron chi connectivity index (χ2n) is 3.41. The normalized spacial score (nSPS) is 20.5. The van der Waals surface area contributed by atoms with Crippen molar-refractivity contribution in [1.82, 2.24) is 14.0 Å². The van der Waals surface area contributed by atoms with E-state index in [4.69, 9.17) is 0 Å². The van der Waals surface area contributed by atoms with E-state index in [0.717, 1.165) is 5.56 Å². The third-order valence-electron chi connectivity index (χ3n) is 2.36. The van der Waals surface area contributed by atoms with Crippen molar-refractivity contribution in [3.05, 3.63) is 30.1 Å². The summed E-state index contributed by atoms with van der Waals surface area (Å²) >= 11 is 0. The molecule has 0 atom stereocenters. The average molecular weight is 227 g/mol. The maximum absolute atomic E-state index is 11.4. The van der Waals surface area contributed by atoms with Crippen LogP contribution in [0, 0.1) is 0 Å². The Morgan fingerprint density at radius 3 is 3.00 bits per heavy atom. The number of rotatable bonds is 3. The van der Waals surface area contributed by atoms with Gasteiger partial charge in [-0.1, -0.05) is 6.07 Å². The van der Waals surface area contributed by atoms with Gasteiger partial charge in [-0.15, -0.1) is 0 Å². The standard InChI is InChI=1S/C9H13N3O2S/c13-15(14)11-5-7-12(15)6-3-9-2-1-4-10-8-9/h1-2,4,8,11H,3,5-7H2. The molecule has 1 saturated heterocycles. The van der Waals surface area contributed by atoms with Gasteiger partial charge >= 0.3 is 0 Å². The van der Waals surface area contributed by atoms with Gasteiger partial charge in [-0.3, -0.25) is 4.98 Å². The molecule has 1 N–H and O–H groups in total. The Bertz CT molecular complexity index is 418. The largest absolute Gasteiger partial charge is 0.279 e. The third kappa shape index (κ3) is 2.53. The quantitative estimate of drug-likeness (QED) is 0.776. The van der Waals surface area contributed by atoms with Gasteiger partial charge in [-0.25, -0.2) is 4.72 Å². The molecule has 15 heavy (non-hydrogen) atoms. The van der Waals surface area contributed by atoms with E-state index in [1.54, 1.807) is 12.4 Å². The smallest absolute Gasteiger partial charge is 0.264 e. The lowest BCUT2D eigenvalue weighted by atomic mass is 10.2. The topological polar surface area (TPSA) is 62.3 Å². The van der Waals surface area contributed by atoms with E-state index < -0.39 is 10.2 Å². The van der Waals surface area contributed by atoms with Crippen molar-refractivity contribution in [2.24, 2.45) is 0 Å². The Morgan fingerprint density at radius 2 is 2.40 bits per heavy atom. The summed E-state index contributed by atoms with van der Waals surface area (Å²) in [7, 11) is -3.19. The average Bonchev–Trinajstić information content (AvgIpc) is 2.56. The minimum Gasteiger partial charge on any atom is -0.264 e. The molecule has 1 fully saturated rings. The molecule has 5 nitrogen and oxygen atoms in total. The molecule has 0 bridgehead atoms. The Hall–Kier alpha value is -0.980. The van der Waals surface area contributed by atoms with Crippen molar-refractivity contribution >= 4 is 10.2 Å². The zero-order valence-corrected chi connectivity index (χ0v) is 9.07. The van der Waals surface area contributed by atoms with Gasteiger partial charge in [0.05, 0.1) is 0 Å². The van der Waals surface area contributed by atoms with Gasteiger partial charge in [0.2, 0.25) is 0 Å². The number of hydrogen-bond acceptors (Lipinski definition) is 3. The van der Waals surface area contributed by atoms with Gasteiger partial charge in [0, 0.05) is 32.0 Å². The fourth-order valence-electron chi connectivity index (χ4n) is 1.54. The molecule has 0 unspecified atom stereocenters. The van der Waals surface area contributed by atoms with E-state index in [1.165, 1.54) is 4.31 Å². The van der Waals surface area contributed by atoms with E-state index in [1.807, 2.05) is 12.1 Å². The van der Waals surface area contributed by atoms with Crippen LogP contribution in [0.2, 0.25) is 0 Å². The number of hydrogen-bond donors (Lipinski definition) is 1. The van der Waals surface area contributed by atoms with Crippen molar-refractivity contribution in [1.29, 1.82) is 0 Å². The maximum Gasteiger partial charge on any atom is 0.279 e. The first-order valence-electron chi connectivity index (χ1n) is 4.82. The van der Waals surface area contributed by atoms with E-state index >= 15 is 0 Å². The van der Waals surface area contributed by atoms with Crippen LogP contribution in [0.3, 0.4) is 0 Å². The molecular weight excluding hydrogens is 214 g/mol. The zero-order valence-electron chi connectivity index (χ0n) is 8.26. The molecule has 82 valence electrons. The molecule has 0 saturated carbocycles. The third-order valence-corrected chi connectivity index (χ3v) is 3.97. The van der Waals surface area contributed by atoms with Gasteiger partial charge in [0.15, 0.2) is 0 Å². The number of nitrogens with one attached hydrogen (secondary N) is 1. The molecule has 1 aromatic heterocycles. The van der Waals surface area contributed by atoms with Crippen molar-refractivity contribution < 1.29 is 8.42 Å². The molecule has 2 heterocycles. The first kappa shape index (κ1) is 10.5. The van der Waals surface area contributed by atoms with Gasteiger partial charge in [-0.2, -0.15) is 12.7 Å². The van der Waals surface area contributed by atoms with Crippen LogP contribution >= 0.6 is 0 Å². The summed E-state index contributed by atoms with van der Waals surface area (Å²) in [6.07, 6.45) is 4.17. The molecule has 1 aliphatic heterocycles. The number of nitrogens with zero attached hydrogens (tertiary/aromatic N) is 2. The molecule has 6 heteroatoms. The van der Waals surface area contributed by atoms with Gasteiger partial charge in [0.1, 0.15) is 0 Å². The van der Waals surface area contributed by atoms with Crippen LogP contribution in [-0.4, -0.2) is 37.3 Å². The summed E-state index contributed by atoms with van der Waals surface area (Å²) < 4.78 is 26.7. The lowest BCUT2D eigenvalue weighted by Gasteiger charge is -2.12. The molecule has 0 spiro atoms. The molecule has 0 radical (unpaired) electrons. The number of pyridine rings is 1. The highest BCUT2D eigenvalue weighted by Crippen LogP contribution is 2.06. The summed E-state index contributed by atoms with van der Waals surface area (Å²) in [6.45, 7) is 1.58. The monoisotopic (exact) mass is 227 g/mol. The predicted molar refractivity (Wildman–Crippen MR) is 56.4 cm³/mol. The van der Waals surface area contributed by atoms with Crippen LogP contribution < -0.4 is 4.72 Å². The lowest BCUT2D eigenvalue weighted by molar-refractivity contribution is 0.453. The Balaban J connectivity index is 1.94. The Labute approximate surface area is 89.3 Å². The molecule has 0 aromatic carbocycles. The van der Waals surface area contributed by atoms with Crippen molar-refractivity contribution in [2.75, 3.05) is 19.6 Å². The predicted octanol–water partition coefficient (Wildman–Crippen LogP) is -0.226. The Kier molecular flexibility index (Phi) is 2.99. The molecular formula is C9H13N3O2S. The lowest BCUT2D eigenvalue weighted by Crippen LogP contribution is -2.31. The molecule has 0 amide bonds. The van der Waals surface area contributed by atoms with E-state index in [-0.39, 0.29) is 0 Å². The summed E-state index contributed by atoms with van der Waals surface area (Å²) in [6, 6.07) is 3.80. The fourth-order valence-corrected chi connectivity index (χ4v) is 2.74. The van der Waals surface area contributed by atoms with Gasteiger partial charge in [-0.05, 0) is 18.1 Å². The van der Waals surface area contributed by atoms with Gasteiger partial charge in [0.25, 0.3) is 10.2 Å². The van der Waals surface area contributed by atoms with E-state index in [2.05, 4.69) is 9.71 Å². The van der Waals surface area contributed by atoms with Crippen LogP contribution in [0.1, 0.15) is 5.56 Å². The highest BCUT2D eigenvalue weighted by atomic mass is 32.2. The van der Waals surface area contributed by atoms with Crippen LogP contribution in [-0.2, 0) is 16.6 Å². The minimum atomic E-state index is -3.19. The van der Waals surface area contributed by atoms with Crippen LogP contribution in [0.25, 0.3) is 0 Å². The van der Waals surface area contributed by atoms with Gasteiger partial charge < -0.3 is 0 Å². The first-order chi connectivity index (χ1) is 7.18. The highest BCUT2D eigenvalue weighted by molar-refractivity contribution is 7.87. The maximum atomic E-state index is 11.4. The second-order valence-corrected chi connectivity index (χ2v) is 5.16. The minimum absolute atomic E-state index is 0.509. The Morgan fingerprint density at radius 1 is 1.53 bits per heavy atom. The van der Waals surface area contributed by atoms with Crippen molar-refractivity contribution in [2.45, 2.75) is 6.42 Å². The fraction of sp³-hybridized carbons (Fsp3) is 0.444. The summed E-state index contributed by atoms with van der Waals surface area (Å²) in [5, 5.41) is 0. The summed E-state index contributed by atoms with van der Waals surface area (Å²) in [5.74, 6) is 0. The first-order valence-corrected chi connectivity index (χ1v) is 6.26. The zero-order chi connectivity index (χ0) is 10.7. The van der Waals surface area contributed by atoms with E-state index in [9.17, 15) is 8.42 Å². The number of aromatic nitrogens is 1. The molecule has 1 aliphatic rings. The van der Waals surface area contributed by atoms with Crippen LogP contribution in [0.5, 0.6) is 0 Å². The van der Waals surface area contributed by atoms with Crippen LogP contribution in [0.15, 0.2) is 24.5 Å². The molecule has 1 aromatic rings. The summed E-state index contributed by atoms with van der Waals surface area (Å²) in [5.41, 5.74) is 1.06. The second kappa shape index (κ2) is 4.26.